The number of ether oxygens (including phenoxy) is 6. The summed E-state index contributed by atoms with van der Waals surface area (Å²) in [5, 5.41) is 47.4. The van der Waals surface area contributed by atoms with Gasteiger partial charge in [0.2, 0.25) is 0 Å². The molecule has 0 aromatic carbocycles. The summed E-state index contributed by atoms with van der Waals surface area (Å²) in [5.74, 6) is 0. The minimum atomic E-state index is -1.92. The van der Waals surface area contributed by atoms with Gasteiger partial charge in [-0.25, -0.2) is 0 Å². The second-order valence-corrected chi connectivity index (χ2v) is 37.8. The van der Waals surface area contributed by atoms with Crippen LogP contribution in [-0.4, -0.2) is 461 Å². The first-order valence-electron chi connectivity index (χ1n) is 28.8. The van der Waals surface area contributed by atoms with Gasteiger partial charge in [0.25, 0.3) is 36.9 Å². The average Bonchev–Trinajstić information content (AvgIpc) is 3.08. The lowest BCUT2D eigenvalue weighted by Gasteiger charge is -2.14. The van der Waals surface area contributed by atoms with E-state index in [0.717, 1.165) is 53.8 Å². The Morgan fingerprint density at radius 1 is 0.147 bits per heavy atom. The number of hydrogen-bond donors (Lipinski definition) is 0. The fraction of sp³-hybridized carbons (Fsp3) is 0.800. The van der Waals surface area contributed by atoms with Crippen molar-refractivity contribution in [1.29, 1.82) is 0 Å². The molecule has 42 heteroatoms. The van der Waals surface area contributed by atoms with Crippen LogP contribution in [0.2, 0.25) is 0 Å². The highest BCUT2D eigenvalue weighted by Gasteiger charge is 1.94. The van der Waals surface area contributed by atoms with Crippen LogP contribution in [0.3, 0.4) is 0 Å². The molecule has 36 nitrogen and oxygen atoms in total. The van der Waals surface area contributed by atoms with Crippen LogP contribution in [0.5, 0.6) is 0 Å². The van der Waals surface area contributed by atoms with E-state index in [2.05, 4.69) is 442 Å². The van der Waals surface area contributed by atoms with Gasteiger partial charge < -0.3 is 246 Å². The summed E-state index contributed by atoms with van der Waals surface area (Å²) in [6, 6.07) is 0. The van der Waals surface area contributed by atoms with Crippen molar-refractivity contribution in [3.63, 3.8) is 0 Å². The van der Waals surface area contributed by atoms with Gasteiger partial charge in [-0.15, -0.1) is 0 Å². The van der Waals surface area contributed by atoms with Gasteiger partial charge in [0, 0.05) is 0 Å². The smallest absolute Gasteiger partial charge is 0.257 e. The van der Waals surface area contributed by atoms with Gasteiger partial charge in [0.05, 0.1) is 338 Å². The van der Waals surface area contributed by atoms with Crippen LogP contribution in [0, 0.1) is 0 Å². The SMILES string of the molecule is C[N+](C)(C)C.C[N+](C)(C)C.C[N+](C)(C)C.C[N+](C)(C)C.C[N+](C)(C)C.C[N+](C)(C)C.C[N+](C)(C)C.C[N+](C)(C)C.C[N+](C)(C)C.C[N+](C)(C)C.C[N+](C)(C)C.C[N+](C)(C)C.O=C([O-])OC(=O)[S-].O=C([O-])OC(=O)[S-].O=C([O-])OC(=O)[S-].O=C([O-])OC(=O)[S-].O=C([O-])OC(=O)[S-].O=C([O-])OC(=O)[S-]. The Bertz CT molecular complexity index is 1560. The quantitative estimate of drug-likeness (QED) is 0.0828. The minimum Gasteiger partial charge on any atom is -0.719 e. The third-order valence-corrected chi connectivity index (χ3v) is 1.50. The molecule has 102 heavy (non-hydrogen) atoms. The maximum atomic E-state index is 9.43. The Morgan fingerprint density at radius 2 is 0.176 bits per heavy atom. The molecule has 0 bridgehead atoms. The molecule has 0 aromatic heterocycles. The van der Waals surface area contributed by atoms with Crippen LogP contribution in [0.1, 0.15) is 0 Å². The van der Waals surface area contributed by atoms with Crippen molar-refractivity contribution in [2.75, 3.05) is 338 Å². The fourth-order valence-electron chi connectivity index (χ4n) is 0.408. The Balaban J connectivity index is -0.0000000459. The number of nitrogens with zero attached hydrogens (tertiary/aromatic N) is 12. The molecule has 0 atom stereocenters. The normalized spacial score (nSPS) is 10.1. The maximum Gasteiger partial charge on any atom is 0.257 e. The molecular weight excluding hydrogens is 1470 g/mol. The highest BCUT2D eigenvalue weighted by atomic mass is 32.1. The van der Waals surface area contributed by atoms with Crippen LogP contribution in [0.4, 0.5) is 57.5 Å². The first kappa shape index (κ1) is 143. The van der Waals surface area contributed by atoms with Crippen LogP contribution in [0.15, 0.2) is 0 Å². The number of carbonyl (C=O) groups is 12. The lowest BCUT2D eigenvalue weighted by atomic mass is 10.8. The number of carboxylic acid groups (broad SMARTS) is 6. The molecule has 0 aliphatic rings. The van der Waals surface area contributed by atoms with E-state index in [1.807, 2.05) is 0 Å². The minimum absolute atomic E-state index is 1.00. The molecule has 0 aromatic rings. The number of hydrogen-bond acceptors (Lipinski definition) is 30. The van der Waals surface area contributed by atoms with Crippen molar-refractivity contribution >= 4 is 145 Å². The van der Waals surface area contributed by atoms with Crippen molar-refractivity contribution in [1.82, 2.24) is 0 Å². The van der Waals surface area contributed by atoms with Crippen LogP contribution in [0.25, 0.3) is 0 Å². The molecule has 0 amide bonds. The molecule has 0 N–H and O–H groups in total. The van der Waals surface area contributed by atoms with Gasteiger partial charge in [-0.2, -0.15) is 0 Å². The molecule has 0 saturated heterocycles. The predicted molar refractivity (Wildman–Crippen MR) is 403 cm³/mol. The summed E-state index contributed by atoms with van der Waals surface area (Å²) in [6.07, 6.45) is -11.5. The summed E-state index contributed by atoms with van der Waals surface area (Å²) < 4.78 is 31.4. The molecule has 0 fully saturated rings. The van der Waals surface area contributed by atoms with Crippen LogP contribution >= 0.6 is 0 Å². The van der Waals surface area contributed by atoms with Crippen molar-refractivity contribution < 1.29 is 170 Å². The van der Waals surface area contributed by atoms with E-state index >= 15 is 0 Å². The monoisotopic (exact) mass is 1610 g/mol. The average molecular weight is 1610 g/mol. The Kier molecular flexibility index (Phi) is 101. The summed E-state index contributed by atoms with van der Waals surface area (Å²) in [6.45, 7) is 0. The summed E-state index contributed by atoms with van der Waals surface area (Å²) >= 11 is 22.0. The first-order valence-corrected chi connectivity index (χ1v) is 31.3. The van der Waals surface area contributed by atoms with Crippen LogP contribution < -0.4 is 30.6 Å². The molecule has 0 aliphatic carbocycles. The standard InChI is InChI=1S/12C4H12N.6C2H2O4S/c12*1-5(2,3)4;6*3-1(4)6-2(5)7/h12*1-4H3;6*(H,3,4)(H,5,7)/q12*+1;;;;;;/p-12. The molecule has 0 aliphatic heterocycles. The van der Waals surface area contributed by atoms with E-state index in [9.17, 15) is 88.2 Å². The Morgan fingerprint density at radius 3 is 0.176 bits per heavy atom. The number of quaternary nitrogens is 12. The second-order valence-electron chi connectivity index (χ2n) is 35.8. The highest BCUT2D eigenvalue weighted by molar-refractivity contribution is 7.77. The Labute approximate surface area is 649 Å². The van der Waals surface area contributed by atoms with Gasteiger partial charge in [-0.3, -0.25) is 0 Å². The zero-order chi connectivity index (χ0) is 89.2. The molecule has 0 unspecified atom stereocenters. The second kappa shape index (κ2) is 72.4. The first-order chi connectivity index (χ1) is 42.8. The van der Waals surface area contributed by atoms with Crippen molar-refractivity contribution in [3.8, 4) is 0 Å². The van der Waals surface area contributed by atoms with Crippen molar-refractivity contribution in [2.45, 2.75) is 0 Å². The van der Waals surface area contributed by atoms with Gasteiger partial charge >= 0.3 is 0 Å². The third-order valence-electron chi connectivity index (χ3n) is 1.000. The Hall–Kier alpha value is -5.52. The maximum absolute atomic E-state index is 9.43. The molecule has 0 rings (SSSR count). The van der Waals surface area contributed by atoms with Crippen molar-refractivity contribution in [2.24, 2.45) is 0 Å². The zero-order valence-electron chi connectivity index (χ0n) is 71.6. The van der Waals surface area contributed by atoms with E-state index in [1.165, 1.54) is 0 Å². The largest absolute Gasteiger partial charge is 0.719 e. The molecule has 0 spiro atoms. The van der Waals surface area contributed by atoms with Crippen molar-refractivity contribution in [3.05, 3.63) is 0 Å². The predicted octanol–water partition coefficient (Wildman–Crippen LogP) is -2.05. The van der Waals surface area contributed by atoms with Gasteiger partial charge in [-0.05, 0) is 0 Å². The van der Waals surface area contributed by atoms with Crippen LogP contribution in [-0.2, 0) is 104 Å². The van der Waals surface area contributed by atoms with E-state index in [1.54, 1.807) is 0 Å². The summed E-state index contributed by atoms with van der Waals surface area (Å²) in [7, 11) is 102. The number of carbonyl (C=O) groups excluding carboxylic acids is 12. The van der Waals surface area contributed by atoms with Gasteiger partial charge in [-0.1, -0.05) is 0 Å². The fourth-order valence-corrected chi connectivity index (χ4v) is 0.816. The van der Waals surface area contributed by atoms with Gasteiger partial charge in [0.15, 0.2) is 0 Å². The zero-order valence-corrected chi connectivity index (χ0v) is 76.5. The van der Waals surface area contributed by atoms with E-state index in [4.69, 9.17) is 0 Å². The van der Waals surface area contributed by atoms with E-state index in [-0.39, 0.29) is 0 Å². The lowest BCUT2D eigenvalue weighted by Crippen LogP contribution is -2.27. The van der Waals surface area contributed by atoms with E-state index < -0.39 is 68.7 Å². The summed E-state index contributed by atoms with van der Waals surface area (Å²) in [5.41, 5.74) is 0. The lowest BCUT2D eigenvalue weighted by molar-refractivity contribution is -0.849. The molecule has 0 radical (unpaired) electrons. The van der Waals surface area contributed by atoms with E-state index in [0.29, 0.717) is 0 Å². The highest BCUT2D eigenvalue weighted by Crippen LogP contribution is 1.81. The number of rotatable bonds is 0. The summed E-state index contributed by atoms with van der Waals surface area (Å²) in [4.78, 5) is 112. The molecular formula is C60H144N12O24S6. The topological polar surface area (TPSA) is 399 Å². The third kappa shape index (κ3) is 2420. The molecule has 624 valence electrons. The van der Waals surface area contributed by atoms with Gasteiger partial charge in [0.1, 0.15) is 31.8 Å². The molecule has 0 saturated carbocycles. The molecule has 0 heterocycles.